The van der Waals surface area contributed by atoms with Crippen molar-refractivity contribution in [3.63, 3.8) is 0 Å². The van der Waals surface area contributed by atoms with Gasteiger partial charge in [-0.1, -0.05) is 6.42 Å². The highest BCUT2D eigenvalue weighted by molar-refractivity contribution is 5.97. The third-order valence-corrected chi connectivity index (χ3v) is 4.85. The Morgan fingerprint density at radius 1 is 1.27 bits per heavy atom. The summed E-state index contributed by atoms with van der Waals surface area (Å²) in [5.74, 6) is 0.131. The van der Waals surface area contributed by atoms with Crippen LogP contribution in [0.15, 0.2) is 24.3 Å². The molecule has 1 aromatic rings. The van der Waals surface area contributed by atoms with Crippen LogP contribution in [0.3, 0.4) is 0 Å². The molecule has 2 fully saturated rings. The molecular formula is C17H18N2O3. The fourth-order valence-electron chi connectivity index (χ4n) is 3.79. The largest absolute Gasteiger partial charge is 0.467 e. The van der Waals surface area contributed by atoms with Crippen molar-refractivity contribution >= 4 is 11.9 Å². The lowest BCUT2D eigenvalue weighted by Crippen LogP contribution is -2.43. The zero-order valence-corrected chi connectivity index (χ0v) is 12.5. The van der Waals surface area contributed by atoms with Crippen molar-refractivity contribution in [3.8, 4) is 6.07 Å². The van der Waals surface area contributed by atoms with Crippen molar-refractivity contribution < 1.29 is 14.3 Å². The van der Waals surface area contributed by atoms with Crippen LogP contribution >= 0.6 is 0 Å². The highest BCUT2D eigenvalue weighted by Crippen LogP contribution is 2.43. The summed E-state index contributed by atoms with van der Waals surface area (Å²) in [6.45, 7) is 0.614. The minimum atomic E-state index is -0.472. The van der Waals surface area contributed by atoms with E-state index < -0.39 is 6.04 Å². The van der Waals surface area contributed by atoms with Crippen LogP contribution in [0.5, 0.6) is 0 Å². The molecule has 0 radical (unpaired) electrons. The third-order valence-electron chi connectivity index (χ3n) is 4.85. The molecule has 1 saturated heterocycles. The van der Waals surface area contributed by atoms with Gasteiger partial charge in [-0.25, -0.2) is 4.79 Å². The fourth-order valence-corrected chi connectivity index (χ4v) is 3.79. The van der Waals surface area contributed by atoms with Crippen molar-refractivity contribution in [1.82, 2.24) is 4.90 Å². The van der Waals surface area contributed by atoms with Gasteiger partial charge in [-0.15, -0.1) is 0 Å². The number of esters is 1. The summed E-state index contributed by atoms with van der Waals surface area (Å²) < 4.78 is 4.92. The Balaban J connectivity index is 1.86. The second-order valence-corrected chi connectivity index (χ2v) is 5.97. The van der Waals surface area contributed by atoms with E-state index in [0.29, 0.717) is 23.6 Å². The van der Waals surface area contributed by atoms with Gasteiger partial charge in [0.15, 0.2) is 0 Å². The Hall–Kier alpha value is -2.35. The molecule has 1 aliphatic heterocycles. The van der Waals surface area contributed by atoms with Gasteiger partial charge in [0.25, 0.3) is 5.91 Å². The van der Waals surface area contributed by atoms with Gasteiger partial charge in [0.05, 0.1) is 18.7 Å². The number of fused-ring (bicyclic) bond motifs is 1. The number of methoxy groups -OCH3 is 1. The SMILES string of the molecule is COC(=O)[C@@H]1[C@@H]2CCC[C@@H]2CN1C(=O)c1ccc(C#N)cc1. The maximum atomic E-state index is 12.7. The number of nitrogens with zero attached hydrogens (tertiary/aromatic N) is 2. The number of rotatable bonds is 2. The Morgan fingerprint density at radius 3 is 2.64 bits per heavy atom. The van der Waals surface area contributed by atoms with Gasteiger partial charge < -0.3 is 9.64 Å². The molecule has 1 aromatic carbocycles. The number of ether oxygens (including phenoxy) is 1. The Morgan fingerprint density at radius 2 is 2.00 bits per heavy atom. The van der Waals surface area contributed by atoms with E-state index in [-0.39, 0.29) is 17.8 Å². The molecule has 3 rings (SSSR count). The topological polar surface area (TPSA) is 70.4 Å². The normalized spacial score (nSPS) is 26.4. The molecule has 3 atom stereocenters. The Bertz CT molecular complexity index is 632. The molecule has 2 aliphatic rings. The van der Waals surface area contributed by atoms with Crippen LogP contribution < -0.4 is 0 Å². The van der Waals surface area contributed by atoms with Crippen LogP contribution in [-0.2, 0) is 9.53 Å². The Kier molecular flexibility index (Phi) is 3.84. The molecule has 0 N–H and O–H groups in total. The van der Waals surface area contributed by atoms with E-state index in [1.54, 1.807) is 29.2 Å². The molecule has 114 valence electrons. The first-order valence-corrected chi connectivity index (χ1v) is 7.54. The molecule has 1 heterocycles. The molecule has 5 heteroatoms. The second kappa shape index (κ2) is 5.80. The molecule has 1 amide bonds. The third kappa shape index (κ3) is 2.35. The molecule has 0 bridgehead atoms. The van der Waals surface area contributed by atoms with Crippen LogP contribution in [0.25, 0.3) is 0 Å². The van der Waals surface area contributed by atoms with Gasteiger partial charge in [-0.05, 0) is 48.9 Å². The summed E-state index contributed by atoms with van der Waals surface area (Å²) in [6.07, 6.45) is 3.15. The van der Waals surface area contributed by atoms with Crippen LogP contribution in [-0.4, -0.2) is 36.5 Å². The maximum absolute atomic E-state index is 12.7. The van der Waals surface area contributed by atoms with E-state index in [1.165, 1.54) is 7.11 Å². The fraction of sp³-hybridized carbons (Fsp3) is 0.471. The van der Waals surface area contributed by atoms with E-state index in [2.05, 4.69) is 0 Å². The van der Waals surface area contributed by atoms with Crippen molar-refractivity contribution in [3.05, 3.63) is 35.4 Å². The lowest BCUT2D eigenvalue weighted by Gasteiger charge is -2.25. The monoisotopic (exact) mass is 298 g/mol. The summed E-state index contributed by atoms with van der Waals surface area (Å²) in [4.78, 5) is 26.5. The van der Waals surface area contributed by atoms with Gasteiger partial charge in [0.2, 0.25) is 0 Å². The smallest absolute Gasteiger partial charge is 0.328 e. The highest BCUT2D eigenvalue weighted by Gasteiger charge is 2.50. The van der Waals surface area contributed by atoms with Gasteiger partial charge in [0, 0.05) is 12.1 Å². The van der Waals surface area contributed by atoms with Crippen LogP contribution in [0.4, 0.5) is 0 Å². The standard InChI is InChI=1S/C17H18N2O3/c1-22-17(21)15-14-4-2-3-13(14)10-19(15)16(20)12-7-5-11(9-18)6-8-12/h5-8,13-15H,2-4,10H2,1H3/t13-,14-,15+/m1/s1. The summed E-state index contributed by atoms with van der Waals surface area (Å²) in [6, 6.07) is 8.09. The first-order valence-electron chi connectivity index (χ1n) is 7.54. The minimum absolute atomic E-state index is 0.158. The van der Waals surface area contributed by atoms with Gasteiger partial charge in [-0.2, -0.15) is 5.26 Å². The number of carbonyl (C=O) groups excluding carboxylic acids is 2. The summed E-state index contributed by atoms with van der Waals surface area (Å²) in [7, 11) is 1.37. The van der Waals surface area contributed by atoms with Crippen molar-refractivity contribution in [1.29, 1.82) is 5.26 Å². The maximum Gasteiger partial charge on any atom is 0.328 e. The molecule has 1 saturated carbocycles. The quantitative estimate of drug-likeness (QED) is 0.783. The van der Waals surface area contributed by atoms with Gasteiger partial charge in [-0.3, -0.25) is 4.79 Å². The van der Waals surface area contributed by atoms with Crippen LogP contribution in [0, 0.1) is 23.2 Å². The molecule has 0 aromatic heterocycles. The lowest BCUT2D eigenvalue weighted by molar-refractivity contribution is -0.146. The predicted octanol–water partition coefficient (Wildman–Crippen LogP) is 1.97. The lowest BCUT2D eigenvalue weighted by atomic mass is 9.94. The number of hydrogen-bond acceptors (Lipinski definition) is 4. The molecule has 22 heavy (non-hydrogen) atoms. The number of carbonyl (C=O) groups is 2. The second-order valence-electron chi connectivity index (χ2n) is 5.97. The number of hydrogen-bond donors (Lipinski definition) is 0. The van der Waals surface area contributed by atoms with Crippen LogP contribution in [0.1, 0.15) is 35.2 Å². The van der Waals surface area contributed by atoms with E-state index in [4.69, 9.17) is 10.00 Å². The summed E-state index contributed by atoms with van der Waals surface area (Å²) in [5, 5.41) is 8.83. The first-order chi connectivity index (χ1) is 10.7. The van der Waals surface area contributed by atoms with Crippen molar-refractivity contribution in [2.24, 2.45) is 11.8 Å². The predicted molar refractivity (Wildman–Crippen MR) is 78.8 cm³/mol. The average molecular weight is 298 g/mol. The highest BCUT2D eigenvalue weighted by atomic mass is 16.5. The number of benzene rings is 1. The summed E-state index contributed by atoms with van der Waals surface area (Å²) in [5.41, 5.74) is 1.02. The van der Waals surface area contributed by atoms with Gasteiger partial charge in [0.1, 0.15) is 6.04 Å². The molecule has 5 nitrogen and oxygen atoms in total. The number of nitriles is 1. The number of likely N-dealkylation sites (tertiary alicyclic amines) is 1. The van der Waals surface area contributed by atoms with Crippen molar-refractivity contribution in [2.45, 2.75) is 25.3 Å². The average Bonchev–Trinajstić information content (AvgIpc) is 3.14. The van der Waals surface area contributed by atoms with E-state index in [0.717, 1.165) is 19.3 Å². The van der Waals surface area contributed by atoms with Gasteiger partial charge >= 0.3 is 5.97 Å². The zero-order chi connectivity index (χ0) is 15.7. The van der Waals surface area contributed by atoms with E-state index in [9.17, 15) is 9.59 Å². The molecular weight excluding hydrogens is 280 g/mol. The van der Waals surface area contributed by atoms with E-state index >= 15 is 0 Å². The number of amides is 1. The molecule has 0 unspecified atom stereocenters. The Labute approximate surface area is 129 Å². The molecule has 1 aliphatic carbocycles. The zero-order valence-electron chi connectivity index (χ0n) is 12.5. The van der Waals surface area contributed by atoms with Crippen LogP contribution in [0.2, 0.25) is 0 Å². The minimum Gasteiger partial charge on any atom is -0.467 e. The first kappa shape index (κ1) is 14.6. The molecule has 0 spiro atoms. The summed E-state index contributed by atoms with van der Waals surface area (Å²) >= 11 is 0. The van der Waals surface area contributed by atoms with Crippen molar-refractivity contribution in [2.75, 3.05) is 13.7 Å². The van der Waals surface area contributed by atoms with E-state index in [1.807, 2.05) is 6.07 Å².